The number of hydrogen-bond donors (Lipinski definition) is 3. The lowest BCUT2D eigenvalue weighted by molar-refractivity contribution is 0.0588. The second kappa shape index (κ2) is 10.2. The topological polar surface area (TPSA) is 88.2 Å². The van der Waals surface area contributed by atoms with E-state index in [1.54, 1.807) is 26.5 Å². The molecule has 1 aliphatic carbocycles. The first-order valence-corrected chi connectivity index (χ1v) is 15.4. The predicted molar refractivity (Wildman–Crippen MR) is 149 cm³/mol. The maximum atomic E-state index is 15.3. The summed E-state index contributed by atoms with van der Waals surface area (Å²) in [6, 6.07) is 10.6. The summed E-state index contributed by atoms with van der Waals surface area (Å²) < 4.78 is 33.6. The van der Waals surface area contributed by atoms with Gasteiger partial charge >= 0.3 is 0 Å². The van der Waals surface area contributed by atoms with Crippen molar-refractivity contribution in [2.24, 2.45) is 5.41 Å². The molecule has 0 amide bonds. The van der Waals surface area contributed by atoms with Crippen LogP contribution in [0.15, 0.2) is 42.6 Å². The lowest BCUT2D eigenvalue weighted by Crippen LogP contribution is -2.44. The molecule has 1 aliphatic heterocycles. The van der Waals surface area contributed by atoms with E-state index in [1.807, 2.05) is 24.3 Å². The molecular weight excluding hydrogens is 512 g/mol. The van der Waals surface area contributed by atoms with Crippen LogP contribution in [0.5, 0.6) is 5.75 Å². The predicted octanol–water partition coefficient (Wildman–Crippen LogP) is 6.26. The van der Waals surface area contributed by atoms with Crippen LogP contribution in [0.1, 0.15) is 37.2 Å². The van der Waals surface area contributed by atoms with Gasteiger partial charge in [0.2, 0.25) is 5.95 Å². The zero-order valence-electron chi connectivity index (χ0n) is 21.3. The molecule has 2 aromatic carbocycles. The Bertz CT molecular complexity index is 1350. The van der Waals surface area contributed by atoms with Gasteiger partial charge in [-0.25, -0.2) is 9.37 Å². The van der Waals surface area contributed by atoms with Crippen LogP contribution < -0.4 is 26.0 Å². The van der Waals surface area contributed by atoms with Crippen molar-refractivity contribution in [1.82, 2.24) is 15.3 Å². The number of halogens is 2. The number of ether oxygens (including phenoxy) is 1. The van der Waals surface area contributed by atoms with Gasteiger partial charge in [-0.1, -0.05) is 23.7 Å². The lowest BCUT2D eigenvalue weighted by Gasteiger charge is -2.50. The minimum Gasteiger partial charge on any atom is -0.495 e. The number of nitrogens with zero attached hydrogens (tertiary/aromatic N) is 2. The van der Waals surface area contributed by atoms with Crippen LogP contribution in [-0.2, 0) is 4.57 Å². The van der Waals surface area contributed by atoms with Crippen LogP contribution >= 0.6 is 18.7 Å². The van der Waals surface area contributed by atoms with E-state index >= 15 is 4.39 Å². The maximum absolute atomic E-state index is 15.3. The first-order chi connectivity index (χ1) is 17.7. The third-order valence-electron chi connectivity index (χ3n) is 7.51. The van der Waals surface area contributed by atoms with Gasteiger partial charge in [0.25, 0.3) is 0 Å². The summed E-state index contributed by atoms with van der Waals surface area (Å²) in [4.78, 5) is 8.76. The van der Waals surface area contributed by atoms with Crippen molar-refractivity contribution in [3.63, 3.8) is 0 Å². The summed E-state index contributed by atoms with van der Waals surface area (Å²) in [5.74, 6) is 1.04. The van der Waals surface area contributed by atoms with Crippen LogP contribution in [0.2, 0.25) is 5.02 Å². The van der Waals surface area contributed by atoms with E-state index in [9.17, 15) is 4.57 Å². The van der Waals surface area contributed by atoms with Gasteiger partial charge in [0.05, 0.1) is 24.7 Å². The Balaban J connectivity index is 1.37. The Hall–Kier alpha value is -2.67. The second-order valence-corrected chi connectivity index (χ2v) is 14.0. The summed E-state index contributed by atoms with van der Waals surface area (Å²) in [6.45, 7) is 5.51. The highest BCUT2D eigenvalue weighted by atomic mass is 35.5. The standard InChI is InChI=1S/C27H32ClFN5O2P/c1-36-23-12-18(17-14-27(15-17)8-10-30-11-9-27)20(29)13-22(23)33-26-31-16-19(28)25(34-26)32-21-6-4-5-7-24(21)37(2,3)35/h4-7,12-13,16-17,30H,8-11,14-15H2,1-3H3,(H2,31,32,33,34). The molecule has 0 radical (unpaired) electrons. The molecule has 3 N–H and O–H groups in total. The van der Waals surface area contributed by atoms with Gasteiger partial charge in [0.1, 0.15) is 23.7 Å². The molecule has 1 aromatic heterocycles. The number of hydrogen-bond acceptors (Lipinski definition) is 7. The minimum absolute atomic E-state index is 0.205. The molecule has 1 saturated heterocycles. The van der Waals surface area contributed by atoms with E-state index in [0.717, 1.165) is 38.8 Å². The van der Waals surface area contributed by atoms with Gasteiger partial charge in [-0.3, -0.25) is 0 Å². The smallest absolute Gasteiger partial charge is 0.229 e. The van der Waals surface area contributed by atoms with Crippen molar-refractivity contribution >= 4 is 47.2 Å². The Morgan fingerprint density at radius 1 is 1.14 bits per heavy atom. The van der Waals surface area contributed by atoms with E-state index in [1.165, 1.54) is 12.3 Å². The first kappa shape index (κ1) is 26.0. The fourth-order valence-electron chi connectivity index (χ4n) is 5.53. The molecule has 0 atom stereocenters. The molecular formula is C27H32ClFN5O2P. The number of piperidine rings is 1. The van der Waals surface area contributed by atoms with Crippen LogP contribution in [0.3, 0.4) is 0 Å². The molecule has 1 spiro atoms. The highest BCUT2D eigenvalue weighted by Crippen LogP contribution is 2.56. The number of benzene rings is 2. The zero-order chi connectivity index (χ0) is 26.2. The Morgan fingerprint density at radius 2 is 1.86 bits per heavy atom. The quantitative estimate of drug-likeness (QED) is 0.303. The molecule has 196 valence electrons. The molecule has 2 heterocycles. The SMILES string of the molecule is COc1cc(C2CC3(CCNCC3)C2)c(F)cc1Nc1ncc(Cl)c(Nc2ccccc2P(C)(C)=O)n1. The largest absolute Gasteiger partial charge is 0.495 e. The number of para-hydroxylation sites is 1. The summed E-state index contributed by atoms with van der Waals surface area (Å²) in [5, 5.41) is 10.7. The minimum atomic E-state index is -2.54. The van der Waals surface area contributed by atoms with Crippen LogP contribution in [0.25, 0.3) is 0 Å². The van der Waals surface area contributed by atoms with Gasteiger partial charge in [0.15, 0.2) is 5.82 Å². The van der Waals surface area contributed by atoms with Crippen molar-refractivity contribution in [1.29, 1.82) is 0 Å². The van der Waals surface area contributed by atoms with E-state index in [4.69, 9.17) is 16.3 Å². The average molecular weight is 544 g/mol. The van der Waals surface area contributed by atoms with E-state index < -0.39 is 7.14 Å². The third kappa shape index (κ3) is 5.47. The lowest BCUT2D eigenvalue weighted by atomic mass is 9.56. The average Bonchev–Trinajstić information content (AvgIpc) is 2.85. The number of methoxy groups -OCH3 is 1. The van der Waals surface area contributed by atoms with Crippen molar-refractivity contribution in [3.05, 3.63) is 59.0 Å². The monoisotopic (exact) mass is 543 g/mol. The molecule has 2 fully saturated rings. The van der Waals surface area contributed by atoms with Crippen molar-refractivity contribution in [3.8, 4) is 5.75 Å². The second-order valence-electron chi connectivity index (χ2n) is 10.4. The molecule has 0 unspecified atom stereocenters. The van der Waals surface area contributed by atoms with Crippen LogP contribution in [0, 0.1) is 11.2 Å². The normalized spacial score (nSPS) is 17.3. The van der Waals surface area contributed by atoms with Crippen molar-refractivity contribution < 1.29 is 13.7 Å². The number of nitrogens with one attached hydrogen (secondary N) is 3. The molecule has 0 bridgehead atoms. The fourth-order valence-corrected chi connectivity index (χ4v) is 6.83. The molecule has 3 aromatic rings. The van der Waals surface area contributed by atoms with E-state index in [-0.39, 0.29) is 17.7 Å². The number of aromatic nitrogens is 2. The maximum Gasteiger partial charge on any atom is 0.229 e. The Labute approximate surface area is 222 Å². The number of anilines is 4. The highest BCUT2D eigenvalue weighted by molar-refractivity contribution is 7.70. The van der Waals surface area contributed by atoms with E-state index in [0.29, 0.717) is 44.2 Å². The highest BCUT2D eigenvalue weighted by Gasteiger charge is 2.45. The van der Waals surface area contributed by atoms with Crippen LogP contribution in [0.4, 0.5) is 27.5 Å². The van der Waals surface area contributed by atoms with Gasteiger partial charge in [-0.15, -0.1) is 0 Å². The van der Waals surface area contributed by atoms with Gasteiger partial charge in [-0.2, -0.15) is 4.98 Å². The van der Waals surface area contributed by atoms with Crippen molar-refractivity contribution in [2.45, 2.75) is 31.6 Å². The Morgan fingerprint density at radius 3 is 2.57 bits per heavy atom. The first-order valence-electron chi connectivity index (χ1n) is 12.5. The van der Waals surface area contributed by atoms with Crippen LogP contribution in [-0.4, -0.2) is 43.5 Å². The zero-order valence-corrected chi connectivity index (χ0v) is 22.9. The van der Waals surface area contributed by atoms with Gasteiger partial charge in [0, 0.05) is 11.4 Å². The molecule has 1 saturated carbocycles. The molecule has 2 aliphatic rings. The Kier molecular flexibility index (Phi) is 7.18. The summed E-state index contributed by atoms with van der Waals surface area (Å²) in [6.07, 6.45) is 5.81. The summed E-state index contributed by atoms with van der Waals surface area (Å²) in [7, 11) is -0.972. The van der Waals surface area contributed by atoms with Crippen molar-refractivity contribution in [2.75, 3.05) is 44.2 Å². The van der Waals surface area contributed by atoms with Gasteiger partial charge < -0.3 is 25.3 Å². The summed E-state index contributed by atoms with van der Waals surface area (Å²) in [5.41, 5.74) is 2.14. The molecule has 10 heteroatoms. The molecule has 37 heavy (non-hydrogen) atoms. The van der Waals surface area contributed by atoms with E-state index in [2.05, 4.69) is 25.9 Å². The van der Waals surface area contributed by atoms with Gasteiger partial charge in [-0.05, 0) is 87.2 Å². The third-order valence-corrected chi connectivity index (χ3v) is 9.34. The molecule has 5 rings (SSSR count). The summed E-state index contributed by atoms with van der Waals surface area (Å²) >= 11 is 6.37. The molecule has 7 nitrogen and oxygen atoms in total. The number of rotatable bonds is 7. The fraction of sp³-hybridized carbons (Fsp3) is 0.407.